The molecule has 0 unspecified atom stereocenters. The van der Waals surface area contributed by atoms with E-state index in [-0.39, 0.29) is 11.8 Å². The Morgan fingerprint density at radius 3 is 2.34 bits per heavy atom. The molecule has 0 bridgehead atoms. The van der Waals surface area contributed by atoms with E-state index < -0.39 is 0 Å². The molecule has 0 saturated heterocycles. The van der Waals surface area contributed by atoms with Crippen LogP contribution in [-0.4, -0.2) is 28.6 Å². The molecule has 0 aliphatic heterocycles. The quantitative estimate of drug-likeness (QED) is 0.525. The van der Waals surface area contributed by atoms with E-state index in [1.807, 2.05) is 47.8 Å². The van der Waals surface area contributed by atoms with Gasteiger partial charge in [-0.2, -0.15) is 5.10 Å². The number of carbonyl (C=O) groups excluding carboxylic acids is 2. The van der Waals surface area contributed by atoms with Crippen LogP contribution in [0.4, 0.5) is 5.69 Å². The monoisotopic (exact) mass is 402 g/mol. The lowest BCUT2D eigenvalue weighted by Gasteiger charge is -2.06. The average Bonchev–Trinajstić information content (AvgIpc) is 3.44. The van der Waals surface area contributed by atoms with Crippen molar-refractivity contribution in [2.75, 3.05) is 12.4 Å². The van der Waals surface area contributed by atoms with Gasteiger partial charge in [0.2, 0.25) is 0 Å². The van der Waals surface area contributed by atoms with E-state index in [9.17, 15) is 9.59 Å². The minimum absolute atomic E-state index is 0.174. The normalized spacial score (nSPS) is 10.5. The molecule has 6 nitrogen and oxygen atoms in total. The van der Waals surface area contributed by atoms with Crippen LogP contribution in [0.3, 0.4) is 0 Å². The van der Waals surface area contributed by atoms with Crippen molar-refractivity contribution in [3.63, 3.8) is 0 Å². The van der Waals surface area contributed by atoms with Gasteiger partial charge in [-0.1, -0.05) is 24.3 Å². The van der Waals surface area contributed by atoms with Crippen molar-refractivity contribution < 1.29 is 9.59 Å². The van der Waals surface area contributed by atoms with Crippen LogP contribution >= 0.6 is 11.3 Å². The van der Waals surface area contributed by atoms with Gasteiger partial charge in [-0.3, -0.25) is 9.59 Å². The molecule has 0 fully saturated rings. The van der Waals surface area contributed by atoms with Gasteiger partial charge in [-0.15, -0.1) is 11.3 Å². The van der Waals surface area contributed by atoms with Crippen LogP contribution in [0.1, 0.15) is 20.7 Å². The Hall–Kier alpha value is -3.71. The molecule has 2 aromatic carbocycles. The molecular formula is C22H18N4O2S. The molecular weight excluding hydrogens is 384 g/mol. The second-order valence-corrected chi connectivity index (χ2v) is 7.21. The van der Waals surface area contributed by atoms with Gasteiger partial charge in [0.25, 0.3) is 11.8 Å². The first kappa shape index (κ1) is 18.6. The van der Waals surface area contributed by atoms with Crippen molar-refractivity contribution >= 4 is 28.8 Å². The Morgan fingerprint density at radius 1 is 0.931 bits per heavy atom. The number of anilines is 1. The van der Waals surface area contributed by atoms with Gasteiger partial charge in [0, 0.05) is 24.5 Å². The van der Waals surface area contributed by atoms with Crippen LogP contribution in [-0.2, 0) is 0 Å². The van der Waals surface area contributed by atoms with E-state index in [4.69, 9.17) is 0 Å². The molecule has 7 heteroatoms. The number of thiophene rings is 1. The van der Waals surface area contributed by atoms with Crippen LogP contribution in [0.5, 0.6) is 0 Å². The summed E-state index contributed by atoms with van der Waals surface area (Å²) in [6.07, 6.45) is 1.73. The number of rotatable bonds is 5. The molecule has 2 aromatic heterocycles. The van der Waals surface area contributed by atoms with E-state index in [1.165, 1.54) is 11.3 Å². The fourth-order valence-electron chi connectivity index (χ4n) is 2.90. The van der Waals surface area contributed by atoms with Crippen LogP contribution in [0.15, 0.2) is 78.3 Å². The lowest BCUT2D eigenvalue weighted by atomic mass is 10.1. The van der Waals surface area contributed by atoms with Gasteiger partial charge in [-0.05, 0) is 47.8 Å². The predicted octanol–water partition coefficient (Wildman–Crippen LogP) is 4.21. The summed E-state index contributed by atoms with van der Waals surface area (Å²) in [4.78, 5) is 25.6. The third kappa shape index (κ3) is 3.95. The number of nitrogens with one attached hydrogen (secondary N) is 2. The molecule has 2 N–H and O–H groups in total. The van der Waals surface area contributed by atoms with Crippen molar-refractivity contribution in [3.8, 4) is 16.3 Å². The van der Waals surface area contributed by atoms with Crippen LogP contribution < -0.4 is 10.6 Å². The zero-order valence-electron chi connectivity index (χ0n) is 15.6. The second kappa shape index (κ2) is 8.12. The first-order valence-electron chi connectivity index (χ1n) is 8.98. The summed E-state index contributed by atoms with van der Waals surface area (Å²) in [6, 6.07) is 20.3. The number of nitrogens with zero attached hydrogens (tertiary/aromatic N) is 2. The largest absolute Gasteiger partial charge is 0.355 e. The van der Waals surface area contributed by atoms with E-state index in [0.717, 1.165) is 10.6 Å². The zero-order chi connectivity index (χ0) is 20.2. The van der Waals surface area contributed by atoms with Crippen molar-refractivity contribution in [1.82, 2.24) is 15.1 Å². The number of amides is 2. The third-order valence-electron chi connectivity index (χ3n) is 4.37. The predicted molar refractivity (Wildman–Crippen MR) is 115 cm³/mol. The Morgan fingerprint density at radius 2 is 1.69 bits per heavy atom. The fraction of sp³-hybridized carbons (Fsp3) is 0.0455. The standard InChI is InChI=1S/C22H18N4O2S/c1-23-21(27)15-9-11-16(12-10-15)24-22(28)18-14-26(17-6-3-2-4-7-17)25-20(18)19-8-5-13-29-19/h2-14H,1H3,(H,23,27)(H,24,28). The molecule has 29 heavy (non-hydrogen) atoms. The summed E-state index contributed by atoms with van der Waals surface area (Å²) in [5, 5.41) is 12.1. The number of para-hydroxylation sites is 1. The van der Waals surface area contributed by atoms with Gasteiger partial charge >= 0.3 is 0 Å². The molecule has 2 heterocycles. The second-order valence-electron chi connectivity index (χ2n) is 6.26. The number of hydrogen-bond acceptors (Lipinski definition) is 4. The highest BCUT2D eigenvalue weighted by molar-refractivity contribution is 7.13. The van der Waals surface area contributed by atoms with Crippen LogP contribution in [0.2, 0.25) is 0 Å². The Labute approximate surface area is 171 Å². The smallest absolute Gasteiger partial charge is 0.259 e. The van der Waals surface area contributed by atoms with Gasteiger partial charge in [-0.25, -0.2) is 4.68 Å². The van der Waals surface area contributed by atoms with E-state index in [1.54, 1.807) is 42.2 Å². The summed E-state index contributed by atoms with van der Waals surface area (Å²) in [6.45, 7) is 0. The van der Waals surface area contributed by atoms with Gasteiger partial charge in [0.05, 0.1) is 16.1 Å². The van der Waals surface area contributed by atoms with Crippen LogP contribution in [0.25, 0.3) is 16.3 Å². The first-order valence-corrected chi connectivity index (χ1v) is 9.86. The Kier molecular flexibility index (Phi) is 5.22. The first-order chi connectivity index (χ1) is 14.2. The Bertz CT molecular complexity index is 1130. The maximum Gasteiger partial charge on any atom is 0.259 e. The maximum absolute atomic E-state index is 13.0. The highest BCUT2D eigenvalue weighted by atomic mass is 32.1. The summed E-state index contributed by atoms with van der Waals surface area (Å²) < 4.78 is 1.71. The molecule has 4 rings (SSSR count). The van der Waals surface area contributed by atoms with E-state index in [2.05, 4.69) is 15.7 Å². The molecule has 0 atom stereocenters. The Balaban J connectivity index is 1.65. The van der Waals surface area contributed by atoms with Crippen molar-refractivity contribution in [2.24, 2.45) is 0 Å². The molecule has 0 saturated carbocycles. The molecule has 0 radical (unpaired) electrons. The zero-order valence-corrected chi connectivity index (χ0v) is 16.4. The van der Waals surface area contributed by atoms with Crippen molar-refractivity contribution in [2.45, 2.75) is 0 Å². The average molecular weight is 402 g/mol. The molecule has 0 spiro atoms. The van der Waals surface area contributed by atoms with Gasteiger partial charge < -0.3 is 10.6 Å². The highest BCUT2D eigenvalue weighted by Crippen LogP contribution is 2.28. The number of hydrogen-bond donors (Lipinski definition) is 2. The minimum atomic E-state index is -0.261. The number of aromatic nitrogens is 2. The third-order valence-corrected chi connectivity index (χ3v) is 5.24. The number of carbonyl (C=O) groups is 2. The summed E-state index contributed by atoms with van der Waals surface area (Å²) in [5.41, 5.74) is 3.11. The lowest BCUT2D eigenvalue weighted by Crippen LogP contribution is -2.18. The van der Waals surface area contributed by atoms with Gasteiger partial charge in [0.15, 0.2) is 0 Å². The summed E-state index contributed by atoms with van der Waals surface area (Å²) >= 11 is 1.53. The molecule has 144 valence electrons. The topological polar surface area (TPSA) is 76.0 Å². The minimum Gasteiger partial charge on any atom is -0.355 e. The fourth-order valence-corrected chi connectivity index (χ4v) is 3.62. The van der Waals surface area contributed by atoms with Crippen LogP contribution in [0, 0.1) is 0 Å². The summed E-state index contributed by atoms with van der Waals surface area (Å²) in [7, 11) is 1.58. The van der Waals surface area contributed by atoms with Gasteiger partial charge in [0.1, 0.15) is 5.69 Å². The molecule has 4 aromatic rings. The molecule has 2 amide bonds. The molecule has 0 aliphatic carbocycles. The van der Waals surface area contributed by atoms with Crippen molar-refractivity contribution in [1.29, 1.82) is 0 Å². The lowest BCUT2D eigenvalue weighted by molar-refractivity contribution is 0.0962. The maximum atomic E-state index is 13.0. The number of benzene rings is 2. The molecule has 0 aliphatic rings. The van der Waals surface area contributed by atoms with E-state index in [0.29, 0.717) is 22.5 Å². The summed E-state index contributed by atoms with van der Waals surface area (Å²) in [5.74, 6) is -0.435. The highest BCUT2D eigenvalue weighted by Gasteiger charge is 2.19. The van der Waals surface area contributed by atoms with E-state index >= 15 is 0 Å². The van der Waals surface area contributed by atoms with Crippen molar-refractivity contribution in [3.05, 3.63) is 89.4 Å². The SMILES string of the molecule is CNC(=O)c1ccc(NC(=O)c2cn(-c3ccccc3)nc2-c2cccs2)cc1.